The van der Waals surface area contributed by atoms with Crippen LogP contribution in [0.4, 0.5) is 18.0 Å². The van der Waals surface area contributed by atoms with Gasteiger partial charge in [0.2, 0.25) is 0 Å². The van der Waals surface area contributed by atoms with Gasteiger partial charge in [-0.15, -0.1) is 0 Å². The summed E-state index contributed by atoms with van der Waals surface area (Å²) in [4.78, 5) is 23.2. The van der Waals surface area contributed by atoms with Gasteiger partial charge in [-0.3, -0.25) is 4.79 Å². The van der Waals surface area contributed by atoms with Crippen molar-refractivity contribution in [2.24, 2.45) is 0 Å². The molecule has 0 saturated heterocycles. The molecule has 1 aromatic heterocycles. The lowest BCUT2D eigenvalue weighted by Crippen LogP contribution is -2.20. The van der Waals surface area contributed by atoms with Crippen molar-refractivity contribution >= 4 is 6.16 Å². The van der Waals surface area contributed by atoms with Gasteiger partial charge in [0.15, 0.2) is 5.75 Å². The van der Waals surface area contributed by atoms with Gasteiger partial charge in [-0.1, -0.05) is 0 Å². The van der Waals surface area contributed by atoms with Crippen LogP contribution in [0, 0.1) is 0 Å². The van der Waals surface area contributed by atoms with Crippen molar-refractivity contribution in [3.63, 3.8) is 0 Å². The number of aromatic nitrogens is 1. The van der Waals surface area contributed by atoms with Gasteiger partial charge in [0.05, 0.1) is 7.11 Å². The highest BCUT2D eigenvalue weighted by atomic mass is 19.4. The summed E-state index contributed by atoms with van der Waals surface area (Å²) in [5.41, 5.74) is -2.39. The largest absolute Gasteiger partial charge is 0.513 e. The Bertz CT molecular complexity index is 451. The molecule has 0 saturated carbocycles. The minimum absolute atomic E-state index is 0.570. The van der Waals surface area contributed by atoms with Crippen molar-refractivity contribution in [3.05, 3.63) is 28.2 Å². The third-order valence-corrected chi connectivity index (χ3v) is 1.54. The molecule has 0 unspecified atom stereocenters. The summed E-state index contributed by atoms with van der Waals surface area (Å²) in [5.74, 6) is -0.570. The zero-order chi connectivity index (χ0) is 12.3. The summed E-state index contributed by atoms with van der Waals surface area (Å²) in [6.07, 6.45) is -5.85. The molecule has 0 spiro atoms. The topological polar surface area (TPSA) is 68.4 Å². The molecule has 0 aliphatic heterocycles. The number of ether oxygens (including phenoxy) is 2. The number of H-pyrrole nitrogens is 1. The fourth-order valence-corrected chi connectivity index (χ4v) is 0.837. The van der Waals surface area contributed by atoms with Crippen LogP contribution in [0.2, 0.25) is 0 Å². The third-order valence-electron chi connectivity index (χ3n) is 1.54. The van der Waals surface area contributed by atoms with Crippen LogP contribution in [0.3, 0.4) is 0 Å². The number of halogens is 3. The Balaban J connectivity index is 3.01. The minimum atomic E-state index is -4.66. The van der Waals surface area contributed by atoms with E-state index in [-0.39, 0.29) is 0 Å². The Labute approximate surface area is 86.8 Å². The van der Waals surface area contributed by atoms with Crippen LogP contribution < -0.4 is 10.3 Å². The van der Waals surface area contributed by atoms with E-state index in [0.717, 1.165) is 13.2 Å². The van der Waals surface area contributed by atoms with Crippen LogP contribution >= 0.6 is 0 Å². The van der Waals surface area contributed by atoms with Gasteiger partial charge >= 0.3 is 12.3 Å². The van der Waals surface area contributed by atoms with Crippen molar-refractivity contribution in [2.45, 2.75) is 6.18 Å². The van der Waals surface area contributed by atoms with Crippen LogP contribution in [0.5, 0.6) is 5.75 Å². The van der Waals surface area contributed by atoms with Crippen molar-refractivity contribution < 1.29 is 27.4 Å². The maximum atomic E-state index is 12.1. The average Bonchev–Trinajstić information content (AvgIpc) is 2.19. The Hall–Kier alpha value is -1.99. The predicted molar refractivity (Wildman–Crippen MR) is 45.1 cm³/mol. The van der Waals surface area contributed by atoms with Gasteiger partial charge in [-0.2, -0.15) is 13.2 Å². The summed E-state index contributed by atoms with van der Waals surface area (Å²) in [5, 5.41) is 0. The number of carbonyl (C=O) groups excluding carboxylic acids is 1. The summed E-state index contributed by atoms with van der Waals surface area (Å²) in [6, 6.07) is 1.32. The molecule has 1 rings (SSSR count). The summed E-state index contributed by atoms with van der Waals surface area (Å²) >= 11 is 0. The zero-order valence-corrected chi connectivity index (χ0v) is 7.92. The van der Waals surface area contributed by atoms with Crippen LogP contribution in [-0.2, 0) is 10.9 Å². The second-order valence-corrected chi connectivity index (χ2v) is 2.62. The number of rotatable bonds is 1. The van der Waals surface area contributed by atoms with E-state index >= 15 is 0 Å². The highest BCUT2D eigenvalue weighted by Gasteiger charge is 2.32. The van der Waals surface area contributed by atoms with Crippen LogP contribution in [-0.4, -0.2) is 18.2 Å². The van der Waals surface area contributed by atoms with Crippen molar-refractivity contribution in [3.8, 4) is 5.75 Å². The highest BCUT2D eigenvalue weighted by molar-refractivity contribution is 5.63. The predicted octanol–water partition coefficient (Wildman–Crippen LogP) is 1.54. The van der Waals surface area contributed by atoms with E-state index in [1.54, 1.807) is 0 Å². The number of nitrogens with one attached hydrogen (secondary N) is 1. The summed E-state index contributed by atoms with van der Waals surface area (Å²) < 4.78 is 44.7. The molecule has 1 heterocycles. The molecule has 5 nitrogen and oxygen atoms in total. The molecule has 0 aliphatic rings. The first-order valence-corrected chi connectivity index (χ1v) is 3.91. The van der Waals surface area contributed by atoms with E-state index < -0.39 is 29.3 Å². The number of alkyl halides is 3. The van der Waals surface area contributed by atoms with Crippen LogP contribution in [0.1, 0.15) is 5.69 Å². The van der Waals surface area contributed by atoms with Gasteiger partial charge in [0.1, 0.15) is 5.69 Å². The number of carbonyl (C=O) groups is 1. The van der Waals surface area contributed by atoms with Crippen molar-refractivity contribution in [1.82, 2.24) is 4.98 Å². The summed E-state index contributed by atoms with van der Waals surface area (Å²) in [7, 11) is 1.00. The SMILES string of the molecule is COC(=O)Oc1ccc(C(F)(F)F)[nH]c1=O. The number of hydrogen-bond donors (Lipinski definition) is 1. The number of pyridine rings is 1. The maximum Gasteiger partial charge on any atom is 0.513 e. The van der Waals surface area contributed by atoms with E-state index in [9.17, 15) is 22.8 Å². The molecule has 1 aromatic rings. The molecule has 0 amide bonds. The first-order chi connectivity index (χ1) is 7.34. The van der Waals surface area contributed by atoms with E-state index in [2.05, 4.69) is 9.47 Å². The Morgan fingerprint density at radius 1 is 1.38 bits per heavy atom. The lowest BCUT2D eigenvalue weighted by Gasteiger charge is -2.06. The second kappa shape index (κ2) is 4.25. The molecule has 0 bridgehead atoms. The fraction of sp³-hybridized carbons (Fsp3) is 0.250. The number of methoxy groups -OCH3 is 1. The lowest BCUT2D eigenvalue weighted by atomic mass is 10.3. The Morgan fingerprint density at radius 2 is 2.00 bits per heavy atom. The maximum absolute atomic E-state index is 12.1. The summed E-state index contributed by atoms with van der Waals surface area (Å²) in [6.45, 7) is 0. The van der Waals surface area contributed by atoms with Crippen LogP contribution in [0.25, 0.3) is 0 Å². The third kappa shape index (κ3) is 2.75. The molecule has 0 radical (unpaired) electrons. The van der Waals surface area contributed by atoms with E-state index in [4.69, 9.17) is 0 Å². The molecule has 0 aromatic carbocycles. The average molecular weight is 237 g/mol. The van der Waals surface area contributed by atoms with Gasteiger partial charge in [-0.05, 0) is 12.1 Å². The first-order valence-electron chi connectivity index (χ1n) is 3.91. The standard InChI is InChI=1S/C8H6F3NO4/c1-15-7(14)16-4-2-3-5(8(9,10)11)12-6(4)13/h2-3H,1H3,(H,12,13). The fourth-order valence-electron chi connectivity index (χ4n) is 0.837. The molecule has 0 fully saturated rings. The smallest absolute Gasteiger partial charge is 0.437 e. The molecule has 0 atom stereocenters. The van der Waals surface area contributed by atoms with Crippen molar-refractivity contribution in [2.75, 3.05) is 7.11 Å². The Morgan fingerprint density at radius 3 is 2.44 bits per heavy atom. The molecular formula is C8H6F3NO4. The molecule has 88 valence electrons. The molecule has 1 N–H and O–H groups in total. The quantitative estimate of drug-likeness (QED) is 0.752. The zero-order valence-electron chi connectivity index (χ0n) is 7.92. The first kappa shape index (κ1) is 12.1. The molecular weight excluding hydrogens is 231 g/mol. The van der Waals surface area contributed by atoms with E-state index in [1.807, 2.05) is 0 Å². The monoisotopic (exact) mass is 237 g/mol. The number of hydrogen-bond acceptors (Lipinski definition) is 4. The minimum Gasteiger partial charge on any atom is -0.437 e. The van der Waals surface area contributed by atoms with Gasteiger partial charge in [-0.25, -0.2) is 4.79 Å². The highest BCUT2D eigenvalue weighted by Crippen LogP contribution is 2.26. The second-order valence-electron chi connectivity index (χ2n) is 2.62. The molecule has 0 aliphatic carbocycles. The Kier molecular flexibility index (Phi) is 3.21. The lowest BCUT2D eigenvalue weighted by molar-refractivity contribution is -0.141. The molecule has 8 heteroatoms. The van der Waals surface area contributed by atoms with Crippen LogP contribution in [0.15, 0.2) is 16.9 Å². The van der Waals surface area contributed by atoms with E-state index in [1.165, 1.54) is 4.98 Å². The number of aromatic amines is 1. The van der Waals surface area contributed by atoms with Gasteiger partial charge in [0, 0.05) is 0 Å². The van der Waals surface area contributed by atoms with Gasteiger partial charge in [0.25, 0.3) is 5.56 Å². The normalized spacial score (nSPS) is 11.0. The molecule has 16 heavy (non-hydrogen) atoms. The van der Waals surface area contributed by atoms with Crippen molar-refractivity contribution in [1.29, 1.82) is 0 Å². The van der Waals surface area contributed by atoms with Gasteiger partial charge < -0.3 is 14.5 Å². The van der Waals surface area contributed by atoms with E-state index in [0.29, 0.717) is 6.07 Å².